The smallest absolute Gasteiger partial charge is 0.220 e. The van der Waals surface area contributed by atoms with Gasteiger partial charge in [-0.2, -0.15) is 0 Å². The van der Waals surface area contributed by atoms with Crippen molar-refractivity contribution in [2.75, 3.05) is 39.3 Å². The molecule has 16 heavy (non-hydrogen) atoms. The van der Waals surface area contributed by atoms with E-state index in [-0.39, 0.29) is 5.91 Å². The van der Waals surface area contributed by atoms with Crippen molar-refractivity contribution in [1.29, 1.82) is 0 Å². The number of carbonyl (C=O) groups is 1. The fourth-order valence-corrected chi connectivity index (χ4v) is 2.36. The summed E-state index contributed by atoms with van der Waals surface area (Å²) in [5, 5.41) is 6.20. The molecular weight excluding hydrogens is 202 g/mol. The standard InChI is InChI=1S/C12H23N3O/c16-12(8-11-9-13-10-11)14-4-3-7-15-5-1-2-6-15/h11,13H,1-10H2,(H,14,16). The van der Waals surface area contributed by atoms with E-state index in [1.54, 1.807) is 0 Å². The van der Waals surface area contributed by atoms with Crippen LogP contribution in [0.4, 0.5) is 0 Å². The zero-order valence-electron chi connectivity index (χ0n) is 10.0. The molecule has 0 aliphatic carbocycles. The second-order valence-electron chi connectivity index (χ2n) is 4.98. The van der Waals surface area contributed by atoms with Gasteiger partial charge in [0.05, 0.1) is 0 Å². The molecule has 0 atom stereocenters. The number of hydrogen-bond acceptors (Lipinski definition) is 3. The summed E-state index contributed by atoms with van der Waals surface area (Å²) in [7, 11) is 0. The monoisotopic (exact) mass is 225 g/mol. The van der Waals surface area contributed by atoms with Crippen LogP contribution in [-0.4, -0.2) is 50.1 Å². The Kier molecular flexibility index (Phi) is 4.60. The minimum absolute atomic E-state index is 0.230. The van der Waals surface area contributed by atoms with Gasteiger partial charge in [-0.1, -0.05) is 0 Å². The first-order valence-electron chi connectivity index (χ1n) is 6.54. The lowest BCUT2D eigenvalue weighted by molar-refractivity contribution is -0.122. The molecule has 0 aromatic heterocycles. The van der Waals surface area contributed by atoms with Gasteiger partial charge in [0.1, 0.15) is 0 Å². The molecule has 0 bridgehead atoms. The van der Waals surface area contributed by atoms with Crippen LogP contribution in [0.3, 0.4) is 0 Å². The summed E-state index contributed by atoms with van der Waals surface area (Å²) < 4.78 is 0. The van der Waals surface area contributed by atoms with Gasteiger partial charge in [-0.25, -0.2) is 0 Å². The number of amides is 1. The molecule has 0 unspecified atom stereocenters. The number of rotatable bonds is 6. The topological polar surface area (TPSA) is 44.4 Å². The van der Waals surface area contributed by atoms with Gasteiger partial charge in [-0.3, -0.25) is 4.79 Å². The first-order chi connectivity index (χ1) is 7.84. The molecule has 2 saturated heterocycles. The van der Waals surface area contributed by atoms with E-state index in [2.05, 4.69) is 15.5 Å². The SMILES string of the molecule is O=C(CC1CNC1)NCCCN1CCCC1. The minimum Gasteiger partial charge on any atom is -0.356 e. The van der Waals surface area contributed by atoms with E-state index < -0.39 is 0 Å². The fraction of sp³-hybridized carbons (Fsp3) is 0.917. The zero-order chi connectivity index (χ0) is 11.2. The van der Waals surface area contributed by atoms with Crippen LogP contribution in [-0.2, 0) is 4.79 Å². The summed E-state index contributed by atoms with van der Waals surface area (Å²) in [6.45, 7) is 6.52. The van der Waals surface area contributed by atoms with Gasteiger partial charge < -0.3 is 15.5 Å². The van der Waals surface area contributed by atoms with Gasteiger partial charge in [-0.15, -0.1) is 0 Å². The van der Waals surface area contributed by atoms with Crippen molar-refractivity contribution in [3.63, 3.8) is 0 Å². The molecule has 0 aromatic rings. The van der Waals surface area contributed by atoms with Crippen LogP contribution in [0.15, 0.2) is 0 Å². The third-order valence-corrected chi connectivity index (χ3v) is 3.51. The molecular formula is C12H23N3O. The predicted octanol–water partition coefficient (Wildman–Crippen LogP) is 0.198. The minimum atomic E-state index is 0.230. The Bertz CT molecular complexity index is 222. The maximum atomic E-state index is 11.5. The van der Waals surface area contributed by atoms with Crippen LogP contribution in [0.1, 0.15) is 25.7 Å². The quantitative estimate of drug-likeness (QED) is 0.635. The van der Waals surface area contributed by atoms with Crippen molar-refractivity contribution in [1.82, 2.24) is 15.5 Å². The van der Waals surface area contributed by atoms with E-state index >= 15 is 0 Å². The third kappa shape index (κ3) is 3.76. The summed E-state index contributed by atoms with van der Waals surface area (Å²) in [5.41, 5.74) is 0. The summed E-state index contributed by atoms with van der Waals surface area (Å²) in [4.78, 5) is 14.0. The average molecular weight is 225 g/mol. The van der Waals surface area contributed by atoms with E-state index in [1.165, 1.54) is 25.9 Å². The Morgan fingerprint density at radius 1 is 1.31 bits per heavy atom. The molecule has 0 saturated carbocycles. The second-order valence-corrected chi connectivity index (χ2v) is 4.98. The summed E-state index contributed by atoms with van der Waals surface area (Å²) >= 11 is 0. The molecule has 0 spiro atoms. The molecule has 1 amide bonds. The van der Waals surface area contributed by atoms with Gasteiger partial charge in [0.2, 0.25) is 5.91 Å². The Labute approximate surface area is 97.8 Å². The molecule has 92 valence electrons. The summed E-state index contributed by atoms with van der Waals surface area (Å²) in [5.74, 6) is 0.812. The number of carbonyl (C=O) groups excluding carboxylic acids is 1. The van der Waals surface area contributed by atoms with Gasteiger partial charge in [0, 0.05) is 13.0 Å². The van der Waals surface area contributed by atoms with Crippen LogP contribution >= 0.6 is 0 Å². The van der Waals surface area contributed by atoms with Gasteiger partial charge in [0.15, 0.2) is 0 Å². The van der Waals surface area contributed by atoms with Crippen molar-refractivity contribution < 1.29 is 4.79 Å². The van der Waals surface area contributed by atoms with E-state index in [1.807, 2.05) is 0 Å². The highest BCUT2D eigenvalue weighted by atomic mass is 16.1. The van der Waals surface area contributed by atoms with Crippen LogP contribution in [0.25, 0.3) is 0 Å². The maximum absolute atomic E-state index is 11.5. The highest BCUT2D eigenvalue weighted by molar-refractivity contribution is 5.76. The first kappa shape index (κ1) is 11.9. The Hall–Kier alpha value is -0.610. The normalized spacial score (nSPS) is 22.0. The first-order valence-corrected chi connectivity index (χ1v) is 6.54. The van der Waals surface area contributed by atoms with Crippen LogP contribution in [0, 0.1) is 5.92 Å². The summed E-state index contributed by atoms with van der Waals surface area (Å²) in [6, 6.07) is 0. The summed E-state index contributed by atoms with van der Waals surface area (Å²) in [6.07, 6.45) is 4.49. The van der Waals surface area contributed by atoms with E-state index in [9.17, 15) is 4.79 Å². The molecule has 2 N–H and O–H groups in total. The van der Waals surface area contributed by atoms with Gasteiger partial charge in [0.25, 0.3) is 0 Å². The number of hydrogen-bond donors (Lipinski definition) is 2. The van der Waals surface area contributed by atoms with Gasteiger partial charge >= 0.3 is 0 Å². The van der Waals surface area contributed by atoms with E-state index in [4.69, 9.17) is 0 Å². The number of nitrogens with zero attached hydrogens (tertiary/aromatic N) is 1. The van der Waals surface area contributed by atoms with Gasteiger partial charge in [-0.05, 0) is 57.9 Å². The molecule has 4 heteroatoms. The molecule has 2 fully saturated rings. The Morgan fingerprint density at radius 2 is 2.06 bits per heavy atom. The highest BCUT2D eigenvalue weighted by Gasteiger charge is 2.19. The second kappa shape index (κ2) is 6.21. The van der Waals surface area contributed by atoms with Crippen molar-refractivity contribution in [2.24, 2.45) is 5.92 Å². The number of nitrogens with one attached hydrogen (secondary N) is 2. The number of likely N-dealkylation sites (tertiary alicyclic amines) is 1. The Balaban J connectivity index is 1.45. The van der Waals surface area contributed by atoms with E-state index in [0.717, 1.165) is 32.6 Å². The zero-order valence-corrected chi connectivity index (χ0v) is 10.0. The Morgan fingerprint density at radius 3 is 2.69 bits per heavy atom. The highest BCUT2D eigenvalue weighted by Crippen LogP contribution is 2.08. The maximum Gasteiger partial charge on any atom is 0.220 e. The van der Waals surface area contributed by atoms with Crippen LogP contribution in [0.2, 0.25) is 0 Å². The lowest BCUT2D eigenvalue weighted by Crippen LogP contribution is -2.44. The molecule has 2 rings (SSSR count). The molecule has 4 nitrogen and oxygen atoms in total. The molecule has 2 aliphatic heterocycles. The van der Waals surface area contributed by atoms with Crippen molar-refractivity contribution in [3.8, 4) is 0 Å². The predicted molar refractivity (Wildman–Crippen MR) is 64.3 cm³/mol. The lowest BCUT2D eigenvalue weighted by Gasteiger charge is -2.26. The molecule has 0 aromatic carbocycles. The van der Waals surface area contributed by atoms with Crippen LogP contribution < -0.4 is 10.6 Å². The average Bonchev–Trinajstić information content (AvgIpc) is 2.71. The largest absolute Gasteiger partial charge is 0.356 e. The third-order valence-electron chi connectivity index (χ3n) is 3.51. The lowest BCUT2D eigenvalue weighted by atomic mass is 9.99. The van der Waals surface area contributed by atoms with Crippen molar-refractivity contribution >= 4 is 5.91 Å². The van der Waals surface area contributed by atoms with Crippen LogP contribution in [0.5, 0.6) is 0 Å². The van der Waals surface area contributed by atoms with Crippen molar-refractivity contribution in [2.45, 2.75) is 25.7 Å². The fourth-order valence-electron chi connectivity index (χ4n) is 2.36. The molecule has 2 heterocycles. The van der Waals surface area contributed by atoms with Crippen molar-refractivity contribution in [3.05, 3.63) is 0 Å². The molecule has 2 aliphatic rings. The van der Waals surface area contributed by atoms with E-state index in [0.29, 0.717) is 12.3 Å². The molecule has 0 radical (unpaired) electrons.